The normalized spacial score (nSPS) is 19.7. The van der Waals surface area contributed by atoms with Crippen molar-refractivity contribution < 1.29 is 19.2 Å². The van der Waals surface area contributed by atoms with E-state index in [1.54, 1.807) is 0 Å². The maximum absolute atomic E-state index is 12.9. The second kappa shape index (κ2) is 11.8. The van der Waals surface area contributed by atoms with Crippen LogP contribution in [0.5, 0.6) is 0 Å². The first-order chi connectivity index (χ1) is 16.3. The predicted octanol–water partition coefficient (Wildman–Crippen LogP) is 0.685. The number of likely N-dealkylation sites (N-methyl/N-ethyl adjacent to an activating group) is 1. The highest BCUT2D eigenvalue weighted by Gasteiger charge is 2.33. The van der Waals surface area contributed by atoms with Crippen LogP contribution in [0.3, 0.4) is 0 Å². The van der Waals surface area contributed by atoms with Crippen molar-refractivity contribution in [2.75, 3.05) is 32.0 Å². The molecule has 0 bridgehead atoms. The second-order valence-corrected chi connectivity index (χ2v) is 9.76. The summed E-state index contributed by atoms with van der Waals surface area (Å²) >= 11 is 7.13. The molecule has 1 fully saturated rings. The minimum Gasteiger partial charge on any atom is -0.343 e. The molecular formula is C21H25Cl2N7O4S. The van der Waals surface area contributed by atoms with Gasteiger partial charge in [0.05, 0.1) is 22.8 Å². The summed E-state index contributed by atoms with van der Waals surface area (Å²) < 4.78 is 0. The van der Waals surface area contributed by atoms with Crippen LogP contribution in [0, 0.1) is 0 Å². The lowest BCUT2D eigenvalue weighted by molar-refractivity contribution is -0.137. The molecule has 188 valence electrons. The highest BCUT2D eigenvalue weighted by Crippen LogP contribution is 2.24. The number of thiazole rings is 1. The number of nitrogens with zero attached hydrogens (tertiary/aromatic N) is 4. The lowest BCUT2D eigenvalue weighted by atomic mass is 9.99. The highest BCUT2D eigenvalue weighted by molar-refractivity contribution is 7.13. The predicted molar refractivity (Wildman–Crippen MR) is 133 cm³/mol. The van der Waals surface area contributed by atoms with Crippen LogP contribution < -0.4 is 16.0 Å². The molecule has 2 atom stereocenters. The summed E-state index contributed by atoms with van der Waals surface area (Å²) in [5.41, 5.74) is 0.934. The molecule has 0 spiro atoms. The number of pyridine rings is 1. The molecule has 2 aliphatic rings. The molecule has 0 radical (unpaired) electrons. The quantitative estimate of drug-likeness (QED) is 0.374. The minimum absolute atomic E-state index is 0. The molecular weight excluding hydrogens is 517 g/mol. The Kier molecular flexibility index (Phi) is 9.00. The molecule has 4 amide bonds. The minimum atomic E-state index is -0.894. The van der Waals surface area contributed by atoms with E-state index in [4.69, 9.17) is 11.6 Å². The molecule has 11 nitrogen and oxygen atoms in total. The summed E-state index contributed by atoms with van der Waals surface area (Å²) in [6.07, 6.45) is 3.22. The molecule has 0 aromatic carbocycles. The number of anilines is 1. The maximum Gasteiger partial charge on any atom is 0.314 e. The lowest BCUT2D eigenvalue weighted by Crippen LogP contribution is -2.61. The SMILES string of the molecule is CN1CCc2nc(C(=O)N[C@@H]3CN(C=O)CC[C@@H]3NC(=O)C(=O)Nc3ccc(Cl)cn3)sc2C1.Cl. The molecule has 2 aliphatic heterocycles. The van der Waals surface area contributed by atoms with Crippen LogP contribution in [0.4, 0.5) is 5.82 Å². The van der Waals surface area contributed by atoms with Gasteiger partial charge in [-0.1, -0.05) is 11.6 Å². The van der Waals surface area contributed by atoms with Crippen molar-refractivity contribution in [2.45, 2.75) is 31.5 Å². The van der Waals surface area contributed by atoms with Gasteiger partial charge in [0, 0.05) is 43.7 Å². The van der Waals surface area contributed by atoms with E-state index in [1.807, 2.05) is 7.05 Å². The number of fused-ring (bicyclic) bond motifs is 1. The van der Waals surface area contributed by atoms with Crippen molar-refractivity contribution in [1.82, 2.24) is 30.4 Å². The van der Waals surface area contributed by atoms with Gasteiger partial charge < -0.3 is 25.8 Å². The van der Waals surface area contributed by atoms with Crippen molar-refractivity contribution in [3.05, 3.63) is 38.9 Å². The van der Waals surface area contributed by atoms with E-state index >= 15 is 0 Å². The zero-order valence-corrected chi connectivity index (χ0v) is 21.2. The largest absolute Gasteiger partial charge is 0.343 e. The van der Waals surface area contributed by atoms with Crippen LogP contribution in [0.1, 0.15) is 26.8 Å². The fourth-order valence-electron chi connectivity index (χ4n) is 3.90. The first-order valence-corrected chi connectivity index (χ1v) is 11.9. The first-order valence-electron chi connectivity index (χ1n) is 10.7. The van der Waals surface area contributed by atoms with Gasteiger partial charge in [0.1, 0.15) is 5.82 Å². The number of nitrogens with one attached hydrogen (secondary N) is 3. The number of carbonyl (C=O) groups excluding carboxylic acids is 4. The number of carbonyl (C=O) groups is 4. The smallest absolute Gasteiger partial charge is 0.314 e. The van der Waals surface area contributed by atoms with E-state index in [0.717, 1.165) is 30.1 Å². The van der Waals surface area contributed by atoms with Crippen molar-refractivity contribution in [2.24, 2.45) is 0 Å². The van der Waals surface area contributed by atoms with Crippen LogP contribution in [0.15, 0.2) is 18.3 Å². The summed E-state index contributed by atoms with van der Waals surface area (Å²) in [6.45, 7) is 2.22. The Bertz CT molecular complexity index is 1100. The van der Waals surface area contributed by atoms with E-state index < -0.39 is 23.9 Å². The molecule has 0 unspecified atom stereocenters. The zero-order valence-electron chi connectivity index (χ0n) is 18.8. The summed E-state index contributed by atoms with van der Waals surface area (Å²) in [7, 11) is 2.02. The molecule has 4 rings (SSSR count). The number of amides is 4. The monoisotopic (exact) mass is 541 g/mol. The second-order valence-electron chi connectivity index (χ2n) is 8.24. The van der Waals surface area contributed by atoms with Crippen LogP contribution in [0.25, 0.3) is 0 Å². The fourth-order valence-corrected chi connectivity index (χ4v) is 5.10. The van der Waals surface area contributed by atoms with Gasteiger partial charge in [-0.2, -0.15) is 0 Å². The number of hydrogen-bond donors (Lipinski definition) is 3. The molecule has 1 saturated heterocycles. The van der Waals surface area contributed by atoms with E-state index in [2.05, 4.69) is 30.8 Å². The van der Waals surface area contributed by atoms with Crippen LogP contribution in [0.2, 0.25) is 5.02 Å². The summed E-state index contributed by atoms with van der Waals surface area (Å²) in [5.74, 6) is -1.94. The fraction of sp³-hybridized carbons (Fsp3) is 0.429. The van der Waals surface area contributed by atoms with Gasteiger partial charge >= 0.3 is 11.8 Å². The average Bonchev–Trinajstić information content (AvgIpc) is 3.25. The average molecular weight is 542 g/mol. The van der Waals surface area contributed by atoms with Gasteiger partial charge in [-0.15, -0.1) is 23.7 Å². The number of halogens is 2. The summed E-state index contributed by atoms with van der Waals surface area (Å²) in [6, 6.07) is 1.89. The number of likely N-dealkylation sites (tertiary alicyclic amines) is 1. The van der Waals surface area contributed by atoms with Gasteiger partial charge in [0.25, 0.3) is 5.91 Å². The van der Waals surface area contributed by atoms with Crippen molar-refractivity contribution in [3.8, 4) is 0 Å². The lowest BCUT2D eigenvalue weighted by Gasteiger charge is -2.37. The number of aromatic nitrogens is 2. The molecule has 35 heavy (non-hydrogen) atoms. The number of rotatable bonds is 5. The van der Waals surface area contributed by atoms with E-state index in [-0.39, 0.29) is 30.7 Å². The van der Waals surface area contributed by atoms with Gasteiger partial charge in [-0.25, -0.2) is 9.97 Å². The summed E-state index contributed by atoms with van der Waals surface area (Å²) in [5, 5.41) is 8.71. The Labute approximate surface area is 217 Å². The summed E-state index contributed by atoms with van der Waals surface area (Å²) in [4.78, 5) is 62.3. The zero-order chi connectivity index (χ0) is 24.2. The molecule has 2 aromatic heterocycles. The standard InChI is InChI=1S/C21H24ClN7O4S.ClH/c1-28-6-4-14-16(10-28)34-21(26-14)20(33)25-15-9-29(11-30)7-5-13(15)24-18(31)19(32)27-17-3-2-12(22)8-23-17;/h2-3,8,11,13,15H,4-7,9-10H2,1H3,(H,24,31)(H,25,33)(H,23,27,32);1H/t13-,15+;/m0./s1. The van der Waals surface area contributed by atoms with E-state index in [0.29, 0.717) is 29.4 Å². The van der Waals surface area contributed by atoms with Gasteiger partial charge in [-0.3, -0.25) is 19.2 Å². The molecule has 4 heterocycles. The Balaban J connectivity index is 0.00000342. The molecule has 0 aliphatic carbocycles. The van der Waals surface area contributed by atoms with Gasteiger partial charge in [0.15, 0.2) is 5.01 Å². The highest BCUT2D eigenvalue weighted by atomic mass is 35.5. The Morgan fingerprint density at radius 1 is 1.17 bits per heavy atom. The van der Waals surface area contributed by atoms with Crippen LogP contribution in [-0.4, -0.2) is 82.7 Å². The van der Waals surface area contributed by atoms with E-state index in [1.165, 1.54) is 34.6 Å². The van der Waals surface area contributed by atoms with Crippen LogP contribution in [-0.2, 0) is 27.3 Å². The maximum atomic E-state index is 12.9. The molecule has 0 saturated carbocycles. The Morgan fingerprint density at radius 2 is 1.97 bits per heavy atom. The van der Waals surface area contributed by atoms with Gasteiger partial charge in [-0.05, 0) is 25.6 Å². The molecule has 2 aromatic rings. The first kappa shape index (κ1) is 26.8. The third-order valence-electron chi connectivity index (χ3n) is 5.72. The van der Waals surface area contributed by atoms with Crippen molar-refractivity contribution >= 4 is 65.3 Å². The number of hydrogen-bond acceptors (Lipinski definition) is 8. The third kappa shape index (κ3) is 6.66. The van der Waals surface area contributed by atoms with Crippen molar-refractivity contribution in [3.63, 3.8) is 0 Å². The van der Waals surface area contributed by atoms with Crippen molar-refractivity contribution in [1.29, 1.82) is 0 Å². The third-order valence-corrected chi connectivity index (χ3v) is 7.02. The number of piperidine rings is 1. The topological polar surface area (TPSA) is 137 Å². The Morgan fingerprint density at radius 3 is 2.69 bits per heavy atom. The van der Waals surface area contributed by atoms with Gasteiger partial charge in [0.2, 0.25) is 6.41 Å². The molecule has 3 N–H and O–H groups in total. The van der Waals surface area contributed by atoms with Crippen LogP contribution >= 0.6 is 35.3 Å². The molecule has 14 heteroatoms. The van der Waals surface area contributed by atoms with E-state index in [9.17, 15) is 19.2 Å². The Hall–Kier alpha value is -2.80.